The van der Waals surface area contributed by atoms with Crippen LogP contribution in [0.25, 0.3) is 0 Å². The van der Waals surface area contributed by atoms with Crippen LogP contribution < -0.4 is 16.4 Å². The zero-order valence-corrected chi connectivity index (χ0v) is 16.6. The van der Waals surface area contributed by atoms with Crippen molar-refractivity contribution in [3.8, 4) is 0 Å². The van der Waals surface area contributed by atoms with Crippen molar-refractivity contribution in [2.45, 2.75) is 39.4 Å². The Hall–Kier alpha value is -3.35. The van der Waals surface area contributed by atoms with Crippen LogP contribution in [0.3, 0.4) is 0 Å². The Bertz CT molecular complexity index is 928. The fraction of sp³-hybridized carbons (Fsp3) is 0.318. The zero-order valence-electron chi connectivity index (χ0n) is 16.6. The first-order valence-corrected chi connectivity index (χ1v) is 9.73. The van der Waals surface area contributed by atoms with E-state index >= 15 is 0 Å². The summed E-state index contributed by atoms with van der Waals surface area (Å²) in [5.74, 6) is -0.764. The lowest BCUT2D eigenvalue weighted by Gasteiger charge is -2.32. The average molecular weight is 394 g/mol. The van der Waals surface area contributed by atoms with Crippen LogP contribution in [0.15, 0.2) is 48.5 Å². The van der Waals surface area contributed by atoms with E-state index in [-0.39, 0.29) is 24.4 Å². The highest BCUT2D eigenvalue weighted by atomic mass is 16.2. The molecular weight excluding hydrogens is 368 g/mol. The summed E-state index contributed by atoms with van der Waals surface area (Å²) in [5, 5.41) is 5.80. The molecule has 29 heavy (non-hydrogen) atoms. The van der Waals surface area contributed by atoms with Crippen LogP contribution in [-0.2, 0) is 17.9 Å². The molecule has 2 atom stereocenters. The highest BCUT2D eigenvalue weighted by Gasteiger charge is 2.36. The van der Waals surface area contributed by atoms with Gasteiger partial charge in [0.05, 0.1) is 6.54 Å². The molecule has 4 amide bonds. The monoisotopic (exact) mass is 394 g/mol. The summed E-state index contributed by atoms with van der Waals surface area (Å²) < 4.78 is 0. The molecule has 0 radical (unpaired) electrons. The molecule has 4 N–H and O–H groups in total. The Labute approximate surface area is 170 Å². The number of para-hydroxylation sites is 1. The second-order valence-corrected chi connectivity index (χ2v) is 7.28. The van der Waals surface area contributed by atoms with Gasteiger partial charge in [0.25, 0.3) is 0 Å². The fourth-order valence-corrected chi connectivity index (χ4v) is 3.58. The summed E-state index contributed by atoms with van der Waals surface area (Å²) in [4.78, 5) is 39.2. The number of rotatable bonds is 5. The number of carbonyl (C=O) groups excluding carboxylic acids is 3. The highest BCUT2D eigenvalue weighted by Crippen LogP contribution is 2.27. The van der Waals surface area contributed by atoms with E-state index < -0.39 is 11.9 Å². The van der Waals surface area contributed by atoms with E-state index in [4.69, 9.17) is 5.73 Å². The Morgan fingerprint density at radius 1 is 1.21 bits per heavy atom. The van der Waals surface area contributed by atoms with E-state index in [1.54, 1.807) is 29.2 Å². The normalized spacial score (nSPS) is 17.0. The van der Waals surface area contributed by atoms with Gasteiger partial charge in [-0.2, -0.15) is 0 Å². The van der Waals surface area contributed by atoms with Gasteiger partial charge in [0.15, 0.2) is 0 Å². The first-order valence-electron chi connectivity index (χ1n) is 9.73. The van der Waals surface area contributed by atoms with E-state index in [1.807, 2.05) is 38.1 Å². The number of amides is 4. The number of carbonyl (C=O) groups is 3. The molecule has 2 aromatic rings. The maximum absolute atomic E-state index is 13.1. The van der Waals surface area contributed by atoms with Crippen LogP contribution in [0, 0.1) is 5.92 Å². The Kier molecular flexibility index (Phi) is 6.16. The molecule has 0 saturated carbocycles. The molecule has 152 valence electrons. The third-order valence-corrected chi connectivity index (χ3v) is 5.38. The third-order valence-electron chi connectivity index (χ3n) is 5.38. The molecule has 1 aliphatic heterocycles. The molecule has 3 rings (SSSR count). The lowest BCUT2D eigenvalue weighted by molar-refractivity contribution is -0.121. The van der Waals surface area contributed by atoms with E-state index in [1.165, 1.54) is 0 Å². The smallest absolute Gasteiger partial charge is 0.318 e. The van der Waals surface area contributed by atoms with E-state index in [0.717, 1.165) is 17.7 Å². The average Bonchev–Trinajstić information content (AvgIpc) is 2.87. The zero-order chi connectivity index (χ0) is 21.0. The number of primary amides is 1. The summed E-state index contributed by atoms with van der Waals surface area (Å²) >= 11 is 0. The van der Waals surface area contributed by atoms with Gasteiger partial charge in [-0.1, -0.05) is 56.7 Å². The lowest BCUT2D eigenvalue weighted by atomic mass is 9.97. The van der Waals surface area contributed by atoms with Gasteiger partial charge < -0.3 is 21.3 Å². The summed E-state index contributed by atoms with van der Waals surface area (Å²) in [7, 11) is 0. The maximum atomic E-state index is 13.1. The van der Waals surface area contributed by atoms with Gasteiger partial charge in [-0.3, -0.25) is 9.59 Å². The topological polar surface area (TPSA) is 105 Å². The summed E-state index contributed by atoms with van der Waals surface area (Å²) in [6.45, 7) is 4.41. The Morgan fingerprint density at radius 2 is 1.90 bits per heavy atom. The number of hydrogen-bond donors (Lipinski definition) is 3. The van der Waals surface area contributed by atoms with Crippen molar-refractivity contribution < 1.29 is 14.4 Å². The van der Waals surface area contributed by atoms with Gasteiger partial charge in [-0.05, 0) is 29.2 Å². The summed E-state index contributed by atoms with van der Waals surface area (Å²) in [5.41, 5.74) is 8.02. The summed E-state index contributed by atoms with van der Waals surface area (Å²) in [6, 6.07) is 13.4. The Morgan fingerprint density at radius 3 is 2.62 bits per heavy atom. The predicted octanol–water partition coefficient (Wildman–Crippen LogP) is 2.86. The van der Waals surface area contributed by atoms with Crippen molar-refractivity contribution in [3.63, 3.8) is 0 Å². The second-order valence-electron chi connectivity index (χ2n) is 7.28. The molecular formula is C22H26N4O3. The molecule has 0 fully saturated rings. The minimum Gasteiger partial charge on any atom is -0.366 e. The van der Waals surface area contributed by atoms with Gasteiger partial charge in [-0.15, -0.1) is 0 Å². The van der Waals surface area contributed by atoms with Crippen LogP contribution in [-0.4, -0.2) is 28.8 Å². The molecule has 0 aliphatic carbocycles. The first-order chi connectivity index (χ1) is 13.9. The van der Waals surface area contributed by atoms with Crippen molar-refractivity contribution in [2.75, 3.05) is 5.32 Å². The van der Waals surface area contributed by atoms with Gasteiger partial charge in [0, 0.05) is 17.8 Å². The van der Waals surface area contributed by atoms with Crippen LogP contribution in [0.4, 0.5) is 10.5 Å². The molecule has 2 aromatic carbocycles. The number of anilines is 1. The standard InChI is InChI=1S/C22H26N4O3/c1-3-14(2)19-21(28)25-18-11-7-5-9-16(18)13-26(19)22(29)24-12-15-8-4-6-10-17(15)20(23)27/h4-11,14,19H,3,12-13H2,1-2H3,(H2,23,27)(H,24,29)(H,25,28). The third kappa shape index (κ3) is 4.39. The lowest BCUT2D eigenvalue weighted by Crippen LogP contribution is -2.52. The van der Waals surface area contributed by atoms with Gasteiger partial charge in [0.1, 0.15) is 6.04 Å². The number of nitrogens with zero attached hydrogens (tertiary/aromatic N) is 1. The fourth-order valence-electron chi connectivity index (χ4n) is 3.58. The van der Waals surface area contributed by atoms with Crippen molar-refractivity contribution in [2.24, 2.45) is 11.7 Å². The molecule has 0 spiro atoms. The minimum absolute atomic E-state index is 0.0204. The van der Waals surface area contributed by atoms with Crippen LogP contribution >= 0.6 is 0 Å². The molecule has 7 heteroatoms. The second kappa shape index (κ2) is 8.77. The molecule has 0 bridgehead atoms. The highest BCUT2D eigenvalue weighted by molar-refractivity contribution is 5.99. The van der Waals surface area contributed by atoms with E-state index in [0.29, 0.717) is 17.7 Å². The molecule has 2 unspecified atom stereocenters. The summed E-state index contributed by atoms with van der Waals surface area (Å²) in [6.07, 6.45) is 0.753. The maximum Gasteiger partial charge on any atom is 0.318 e. The number of nitrogens with two attached hydrogens (primary N) is 1. The van der Waals surface area contributed by atoms with Crippen LogP contribution in [0.1, 0.15) is 41.8 Å². The van der Waals surface area contributed by atoms with Gasteiger partial charge in [0.2, 0.25) is 11.8 Å². The molecule has 1 aliphatic rings. The number of nitrogens with one attached hydrogen (secondary N) is 2. The van der Waals surface area contributed by atoms with Crippen molar-refractivity contribution in [1.29, 1.82) is 0 Å². The van der Waals surface area contributed by atoms with Crippen molar-refractivity contribution in [1.82, 2.24) is 10.2 Å². The number of urea groups is 1. The predicted molar refractivity (Wildman–Crippen MR) is 111 cm³/mol. The van der Waals surface area contributed by atoms with Crippen LogP contribution in [0.5, 0.6) is 0 Å². The number of benzene rings is 2. The molecule has 0 saturated heterocycles. The Balaban J connectivity index is 1.86. The van der Waals surface area contributed by atoms with Crippen LogP contribution in [0.2, 0.25) is 0 Å². The van der Waals surface area contributed by atoms with Crippen molar-refractivity contribution >= 4 is 23.5 Å². The molecule has 7 nitrogen and oxygen atoms in total. The first kappa shape index (κ1) is 20.4. The quantitative estimate of drug-likeness (QED) is 0.726. The van der Waals surface area contributed by atoms with Crippen molar-refractivity contribution in [3.05, 3.63) is 65.2 Å². The molecule has 1 heterocycles. The number of fused-ring (bicyclic) bond motifs is 1. The van der Waals surface area contributed by atoms with E-state index in [2.05, 4.69) is 10.6 Å². The molecule has 0 aromatic heterocycles. The largest absolute Gasteiger partial charge is 0.366 e. The minimum atomic E-state index is -0.598. The van der Waals surface area contributed by atoms with Gasteiger partial charge in [-0.25, -0.2) is 4.79 Å². The van der Waals surface area contributed by atoms with E-state index in [9.17, 15) is 14.4 Å². The SMILES string of the molecule is CCC(C)C1C(=O)Nc2ccccc2CN1C(=O)NCc1ccccc1C(N)=O. The van der Waals surface area contributed by atoms with Gasteiger partial charge >= 0.3 is 6.03 Å². The number of hydrogen-bond acceptors (Lipinski definition) is 3.